The van der Waals surface area contributed by atoms with Crippen molar-refractivity contribution in [1.29, 1.82) is 0 Å². The largest absolute Gasteiger partial charge is 0.300 e. The van der Waals surface area contributed by atoms with Gasteiger partial charge in [0.25, 0.3) is 0 Å². The summed E-state index contributed by atoms with van der Waals surface area (Å²) in [7, 11) is -2.87. The first-order chi connectivity index (χ1) is 6.03. The Balaban J connectivity index is 2.37. The van der Waals surface area contributed by atoms with E-state index in [-0.39, 0.29) is 30.1 Å². The molecule has 0 aromatic heterocycles. The third-order valence-electron chi connectivity index (χ3n) is 2.38. The number of sulfone groups is 1. The van der Waals surface area contributed by atoms with Crippen molar-refractivity contribution in [3.05, 3.63) is 0 Å². The van der Waals surface area contributed by atoms with Crippen molar-refractivity contribution in [1.82, 2.24) is 0 Å². The fraction of sp³-hybridized carbons (Fsp3) is 0.875. The van der Waals surface area contributed by atoms with E-state index in [1.54, 1.807) is 0 Å². The lowest BCUT2D eigenvalue weighted by atomic mass is 9.97. The van der Waals surface area contributed by atoms with Gasteiger partial charge in [-0.15, -0.1) is 0 Å². The van der Waals surface area contributed by atoms with Crippen LogP contribution in [0.3, 0.4) is 0 Å². The molecule has 13 heavy (non-hydrogen) atoms. The fourth-order valence-electron chi connectivity index (χ4n) is 1.55. The maximum Gasteiger partial charge on any atom is 0.155 e. The highest BCUT2D eigenvalue weighted by molar-refractivity contribution is 7.91. The Morgan fingerprint density at radius 1 is 1.38 bits per heavy atom. The highest BCUT2D eigenvalue weighted by atomic mass is 32.2. The number of aldehydes is 1. The number of hydrogen-bond donors (Lipinski definition) is 0. The van der Waals surface area contributed by atoms with Crippen molar-refractivity contribution in [3.63, 3.8) is 0 Å². The van der Waals surface area contributed by atoms with E-state index in [2.05, 4.69) is 0 Å². The second-order valence-electron chi connectivity index (χ2n) is 3.48. The molecule has 1 unspecified atom stereocenters. The van der Waals surface area contributed by atoms with E-state index in [1.165, 1.54) is 0 Å². The number of alkyl halides is 1. The van der Waals surface area contributed by atoms with E-state index in [9.17, 15) is 17.6 Å². The van der Waals surface area contributed by atoms with Crippen LogP contribution in [0.1, 0.15) is 19.3 Å². The number of hydrogen-bond acceptors (Lipinski definition) is 3. The molecule has 5 heteroatoms. The first-order valence-electron chi connectivity index (χ1n) is 4.33. The number of halogens is 1. The zero-order chi connectivity index (χ0) is 9.90. The summed E-state index contributed by atoms with van der Waals surface area (Å²) in [4.78, 5) is 10.0. The van der Waals surface area contributed by atoms with Gasteiger partial charge in [-0.25, -0.2) is 12.8 Å². The minimum Gasteiger partial charge on any atom is -0.300 e. The second kappa shape index (κ2) is 4.17. The first kappa shape index (κ1) is 10.6. The lowest BCUT2D eigenvalue weighted by Crippen LogP contribution is -2.25. The van der Waals surface area contributed by atoms with Crippen molar-refractivity contribution >= 4 is 16.1 Å². The molecular formula is C8H13FO3S. The van der Waals surface area contributed by atoms with E-state index in [1.807, 2.05) is 0 Å². The van der Waals surface area contributed by atoms with Crippen LogP contribution in [0, 0.1) is 5.92 Å². The summed E-state index contributed by atoms with van der Waals surface area (Å²) in [6.07, 6.45) is 0.0285. The van der Waals surface area contributed by atoms with Gasteiger partial charge in [0.1, 0.15) is 9.84 Å². The molecule has 0 amide bonds. The average Bonchev–Trinajstić information content (AvgIpc) is 2.08. The molecule has 1 atom stereocenters. The van der Waals surface area contributed by atoms with Crippen molar-refractivity contribution in [2.24, 2.45) is 5.92 Å². The molecule has 0 aromatic rings. The Bertz CT molecular complexity index is 259. The molecule has 0 bridgehead atoms. The highest BCUT2D eigenvalue weighted by Crippen LogP contribution is 2.23. The summed E-state index contributed by atoms with van der Waals surface area (Å²) < 4.78 is 34.6. The summed E-state index contributed by atoms with van der Waals surface area (Å²) in [5, 5.41) is 0. The molecule has 1 heterocycles. The molecule has 0 saturated carbocycles. The first-order valence-corrected chi connectivity index (χ1v) is 6.15. The Morgan fingerprint density at radius 2 is 1.92 bits per heavy atom. The van der Waals surface area contributed by atoms with Crippen molar-refractivity contribution in [2.45, 2.75) is 25.4 Å². The lowest BCUT2D eigenvalue weighted by Gasteiger charge is -2.21. The lowest BCUT2D eigenvalue weighted by molar-refractivity contribution is -0.112. The van der Waals surface area contributed by atoms with Crippen LogP contribution in [0.15, 0.2) is 0 Å². The van der Waals surface area contributed by atoms with Crippen molar-refractivity contribution in [2.75, 3.05) is 11.5 Å². The molecule has 0 radical (unpaired) electrons. The van der Waals surface area contributed by atoms with Gasteiger partial charge < -0.3 is 4.79 Å². The van der Waals surface area contributed by atoms with Crippen LogP contribution in [0.4, 0.5) is 4.39 Å². The van der Waals surface area contributed by atoms with Crippen molar-refractivity contribution < 1.29 is 17.6 Å². The zero-order valence-corrected chi connectivity index (χ0v) is 8.10. The number of rotatable bonds is 3. The average molecular weight is 208 g/mol. The fourth-order valence-corrected chi connectivity index (χ4v) is 3.14. The molecule has 0 spiro atoms. The van der Waals surface area contributed by atoms with Crippen LogP contribution in [-0.4, -0.2) is 32.4 Å². The molecule has 76 valence electrons. The molecule has 0 aromatic carbocycles. The Hall–Kier alpha value is -0.450. The quantitative estimate of drug-likeness (QED) is 0.643. The van der Waals surface area contributed by atoms with E-state index in [0.717, 1.165) is 0 Å². The summed E-state index contributed by atoms with van der Waals surface area (Å²) in [5.41, 5.74) is 0. The predicted octanol–water partition coefficient (Wildman–Crippen LogP) is 0.738. The Morgan fingerprint density at radius 3 is 2.38 bits per heavy atom. The van der Waals surface area contributed by atoms with Crippen LogP contribution >= 0.6 is 0 Å². The van der Waals surface area contributed by atoms with Crippen LogP contribution in [0.2, 0.25) is 0 Å². The predicted molar refractivity (Wildman–Crippen MR) is 47.0 cm³/mol. The normalized spacial score (nSPS) is 25.3. The third kappa shape index (κ3) is 3.42. The molecule has 1 aliphatic rings. The topological polar surface area (TPSA) is 51.2 Å². The van der Waals surface area contributed by atoms with Gasteiger partial charge in [0.05, 0.1) is 11.5 Å². The standard InChI is InChI=1S/C8H13FO3S/c9-8(6-10)5-7-1-3-13(11,12)4-2-7/h6-8H,1-5H2. The maximum absolute atomic E-state index is 12.6. The molecule has 0 N–H and O–H groups in total. The van der Waals surface area contributed by atoms with Crippen LogP contribution in [-0.2, 0) is 14.6 Å². The third-order valence-corrected chi connectivity index (χ3v) is 4.10. The van der Waals surface area contributed by atoms with E-state index < -0.39 is 16.0 Å². The monoisotopic (exact) mass is 208 g/mol. The molecular weight excluding hydrogens is 195 g/mol. The van der Waals surface area contributed by atoms with E-state index in [0.29, 0.717) is 12.8 Å². The van der Waals surface area contributed by atoms with Crippen LogP contribution in [0.25, 0.3) is 0 Å². The van der Waals surface area contributed by atoms with Gasteiger partial charge in [-0.05, 0) is 25.2 Å². The van der Waals surface area contributed by atoms with Crippen LogP contribution < -0.4 is 0 Å². The SMILES string of the molecule is O=CC(F)CC1CCS(=O)(=O)CC1. The van der Waals surface area contributed by atoms with Gasteiger partial charge in [0.15, 0.2) is 12.5 Å². The molecule has 1 saturated heterocycles. The summed E-state index contributed by atoms with van der Waals surface area (Å²) in [6, 6.07) is 0. The maximum atomic E-state index is 12.6. The smallest absolute Gasteiger partial charge is 0.155 e. The van der Waals surface area contributed by atoms with Gasteiger partial charge in [0.2, 0.25) is 0 Å². The molecule has 1 aliphatic heterocycles. The second-order valence-corrected chi connectivity index (χ2v) is 5.79. The summed E-state index contributed by atoms with van der Waals surface area (Å²) >= 11 is 0. The van der Waals surface area contributed by atoms with Gasteiger partial charge in [0, 0.05) is 0 Å². The molecule has 3 nitrogen and oxygen atoms in total. The van der Waals surface area contributed by atoms with E-state index >= 15 is 0 Å². The minimum atomic E-state index is -2.87. The molecule has 1 rings (SSSR count). The minimum absolute atomic E-state index is 0.0590. The Kier molecular flexibility index (Phi) is 3.41. The number of carbonyl (C=O) groups excluding carboxylic acids is 1. The number of carbonyl (C=O) groups is 1. The van der Waals surface area contributed by atoms with E-state index in [4.69, 9.17) is 0 Å². The van der Waals surface area contributed by atoms with Gasteiger partial charge in [-0.1, -0.05) is 0 Å². The summed E-state index contributed by atoms with van der Waals surface area (Å²) in [5.74, 6) is 0.343. The Labute approximate surface area is 77.2 Å². The molecule has 0 aliphatic carbocycles. The zero-order valence-electron chi connectivity index (χ0n) is 7.28. The highest BCUT2D eigenvalue weighted by Gasteiger charge is 2.25. The molecule has 1 fully saturated rings. The summed E-state index contributed by atoms with van der Waals surface area (Å²) in [6.45, 7) is 0. The van der Waals surface area contributed by atoms with Gasteiger partial charge in [-0.3, -0.25) is 0 Å². The van der Waals surface area contributed by atoms with Gasteiger partial charge in [-0.2, -0.15) is 0 Å². The van der Waals surface area contributed by atoms with Crippen LogP contribution in [0.5, 0.6) is 0 Å². The van der Waals surface area contributed by atoms with Crippen molar-refractivity contribution in [3.8, 4) is 0 Å². The van der Waals surface area contributed by atoms with Gasteiger partial charge >= 0.3 is 0 Å².